The molecule has 3 aromatic heterocycles. The number of aliphatic hydroxyl groups excluding tert-OH is 2. The summed E-state index contributed by atoms with van der Waals surface area (Å²) in [6.45, 7) is 1.88. The molecule has 15 heteroatoms. The van der Waals surface area contributed by atoms with Gasteiger partial charge >= 0.3 is 11.9 Å². The lowest BCUT2D eigenvalue weighted by Crippen LogP contribution is -2.44. The molecule has 4 unspecified atom stereocenters. The van der Waals surface area contributed by atoms with Crippen molar-refractivity contribution in [1.82, 2.24) is 20.0 Å². The minimum Gasteiger partial charge on any atom is -0.441 e. The lowest BCUT2D eigenvalue weighted by atomic mass is 9.97. The summed E-state index contributed by atoms with van der Waals surface area (Å²) in [5, 5.41) is 44.7. The van der Waals surface area contributed by atoms with Crippen molar-refractivity contribution in [3.63, 3.8) is 0 Å². The van der Waals surface area contributed by atoms with Gasteiger partial charge in [-0.25, -0.2) is 19.4 Å². The summed E-state index contributed by atoms with van der Waals surface area (Å²) < 4.78 is 21.5. The lowest BCUT2D eigenvalue weighted by molar-refractivity contribution is -0.102. The van der Waals surface area contributed by atoms with Crippen LogP contribution in [-0.4, -0.2) is 65.8 Å². The van der Waals surface area contributed by atoms with Gasteiger partial charge in [0.15, 0.2) is 24.4 Å². The van der Waals surface area contributed by atoms with E-state index in [4.69, 9.17) is 18.3 Å². The van der Waals surface area contributed by atoms with Crippen molar-refractivity contribution in [3.8, 4) is 0 Å². The van der Waals surface area contributed by atoms with Gasteiger partial charge in [-0.05, 0) is 19.9 Å². The molecule has 15 nitrogen and oxygen atoms in total. The summed E-state index contributed by atoms with van der Waals surface area (Å²) in [6, 6.07) is 1.40. The van der Waals surface area contributed by atoms with Gasteiger partial charge in [0.05, 0.1) is 23.9 Å². The highest BCUT2D eigenvalue weighted by Gasteiger charge is 2.53. The van der Waals surface area contributed by atoms with Gasteiger partial charge < -0.3 is 33.6 Å². The fourth-order valence-corrected chi connectivity index (χ4v) is 4.18. The van der Waals surface area contributed by atoms with E-state index in [0.29, 0.717) is 10.8 Å². The molecule has 0 bridgehead atoms. The molecular formula is C21H21N5O10. The van der Waals surface area contributed by atoms with Gasteiger partial charge in [0.25, 0.3) is 5.56 Å². The number of amides is 1. The number of hydrogen-bond acceptors (Lipinski definition) is 12. The highest BCUT2D eigenvalue weighted by molar-refractivity contribution is 6.16. The molecule has 36 heavy (non-hydrogen) atoms. The first-order valence-corrected chi connectivity index (χ1v) is 10.7. The number of nitrogens with one attached hydrogen (secondary N) is 2. The molecule has 1 saturated heterocycles. The molecule has 4 atom stereocenters. The Bertz CT molecular complexity index is 1580. The predicted octanol–water partition coefficient (Wildman–Crippen LogP) is -0.122. The number of carbonyl (C=O) groups excluding carboxylic acids is 1. The summed E-state index contributed by atoms with van der Waals surface area (Å²) >= 11 is 0. The first-order valence-electron chi connectivity index (χ1n) is 10.7. The molecule has 5 rings (SSSR count). The second-order valence-electron chi connectivity index (χ2n) is 8.47. The molecule has 5 N–H and O–H groups in total. The normalized spacial score (nSPS) is 24.0. The van der Waals surface area contributed by atoms with Crippen molar-refractivity contribution >= 4 is 33.5 Å². The van der Waals surface area contributed by atoms with E-state index < -0.39 is 48.1 Å². The van der Waals surface area contributed by atoms with Crippen LogP contribution in [0.4, 0.5) is 10.5 Å². The third-order valence-electron chi connectivity index (χ3n) is 6.04. The SMILES string of the molecule is Cc1oc(=O)oc1COC(=O)Nc1cc2c(=O)[nH]ncc3nn(C4OC(CO)C(O)C4(C)O)cc1c32. The minimum absolute atomic E-state index is 0.0372. The van der Waals surface area contributed by atoms with Crippen molar-refractivity contribution in [1.29, 1.82) is 0 Å². The highest BCUT2D eigenvalue weighted by Crippen LogP contribution is 2.39. The molecule has 4 heterocycles. The van der Waals surface area contributed by atoms with Crippen molar-refractivity contribution in [2.75, 3.05) is 11.9 Å². The lowest BCUT2D eigenvalue weighted by Gasteiger charge is -2.27. The third-order valence-corrected chi connectivity index (χ3v) is 6.04. The number of hydrogen-bond donors (Lipinski definition) is 5. The van der Waals surface area contributed by atoms with E-state index >= 15 is 0 Å². The summed E-state index contributed by atoms with van der Waals surface area (Å²) in [5.74, 6) is -0.728. The van der Waals surface area contributed by atoms with Gasteiger partial charge in [-0.3, -0.25) is 10.1 Å². The van der Waals surface area contributed by atoms with E-state index in [0.717, 1.165) is 0 Å². The molecule has 1 aromatic carbocycles. The maximum atomic E-state index is 12.5. The van der Waals surface area contributed by atoms with Crippen LogP contribution in [0, 0.1) is 6.92 Å². The van der Waals surface area contributed by atoms with E-state index in [-0.39, 0.29) is 34.7 Å². The summed E-state index contributed by atoms with van der Waals surface area (Å²) in [6.07, 6.45) is -1.94. The number of aryl methyl sites for hydroxylation is 1. The standard InChI is InChI=1S/C21H21N5O10/c1-8-14(36-20(31)34-8)7-33-19(30)23-11-3-9-15-10(11)5-26(25-12(15)4-22-24-17(9)29)18-21(2,32)16(28)13(6-27)35-18/h3-5,13,16,18,27-28,32H,6-7H2,1-2H3,(H,23,30)(H,24,29). The number of anilines is 1. The zero-order chi connectivity index (χ0) is 25.8. The first-order chi connectivity index (χ1) is 17.1. The predicted molar refractivity (Wildman–Crippen MR) is 119 cm³/mol. The molecule has 0 aliphatic carbocycles. The summed E-state index contributed by atoms with van der Waals surface area (Å²) in [4.78, 5) is 36.2. The second-order valence-corrected chi connectivity index (χ2v) is 8.47. The smallest absolute Gasteiger partial charge is 0.441 e. The van der Waals surface area contributed by atoms with Gasteiger partial charge in [0.1, 0.15) is 23.3 Å². The van der Waals surface area contributed by atoms with Crippen LogP contribution in [0.25, 0.3) is 21.7 Å². The van der Waals surface area contributed by atoms with Crippen molar-refractivity contribution in [2.24, 2.45) is 0 Å². The maximum Gasteiger partial charge on any atom is 0.519 e. The number of aromatic nitrogens is 4. The summed E-state index contributed by atoms with van der Waals surface area (Å²) in [7, 11) is 0. The molecule has 1 aliphatic heterocycles. The van der Waals surface area contributed by atoms with Crippen molar-refractivity contribution in [3.05, 3.63) is 51.0 Å². The zero-order valence-electron chi connectivity index (χ0n) is 18.9. The van der Waals surface area contributed by atoms with Crippen LogP contribution in [0.3, 0.4) is 0 Å². The van der Waals surface area contributed by atoms with Crippen LogP contribution in [0.2, 0.25) is 0 Å². The second kappa shape index (κ2) is 8.56. The number of carbonyl (C=O) groups is 1. The van der Waals surface area contributed by atoms with Crippen LogP contribution < -0.4 is 16.7 Å². The van der Waals surface area contributed by atoms with Gasteiger partial charge in [-0.15, -0.1) is 0 Å². The molecule has 1 amide bonds. The monoisotopic (exact) mass is 503 g/mol. The van der Waals surface area contributed by atoms with Crippen molar-refractivity contribution < 1.29 is 38.4 Å². The Hall–Kier alpha value is -4.05. The van der Waals surface area contributed by atoms with Gasteiger partial charge in [-0.2, -0.15) is 10.2 Å². The van der Waals surface area contributed by atoms with Crippen LogP contribution in [-0.2, 0) is 16.1 Å². The molecule has 0 spiro atoms. The van der Waals surface area contributed by atoms with Crippen LogP contribution in [0.5, 0.6) is 0 Å². The molecule has 190 valence electrons. The molecule has 0 saturated carbocycles. The van der Waals surface area contributed by atoms with Gasteiger partial charge in [-0.1, -0.05) is 0 Å². The van der Waals surface area contributed by atoms with Gasteiger partial charge in [0, 0.05) is 17.0 Å². The van der Waals surface area contributed by atoms with Gasteiger partial charge in [0.2, 0.25) is 0 Å². The molecule has 1 aliphatic rings. The van der Waals surface area contributed by atoms with E-state index in [1.807, 2.05) is 0 Å². The number of aromatic amines is 1. The van der Waals surface area contributed by atoms with E-state index in [2.05, 4.69) is 20.6 Å². The van der Waals surface area contributed by atoms with Crippen molar-refractivity contribution in [2.45, 2.75) is 44.5 Å². The first kappa shape index (κ1) is 23.7. The number of rotatable bonds is 5. The maximum absolute atomic E-state index is 12.5. The average molecular weight is 503 g/mol. The molecule has 1 fully saturated rings. The topological polar surface area (TPSA) is 215 Å². The van der Waals surface area contributed by atoms with Crippen LogP contribution in [0.15, 0.2) is 36.9 Å². The third kappa shape index (κ3) is 3.83. The van der Waals surface area contributed by atoms with E-state index in [1.165, 1.54) is 37.0 Å². The highest BCUT2D eigenvalue weighted by atomic mass is 16.6. The Morgan fingerprint density at radius 3 is 2.78 bits per heavy atom. The Morgan fingerprint density at radius 1 is 1.33 bits per heavy atom. The summed E-state index contributed by atoms with van der Waals surface area (Å²) in [5.41, 5.74) is -2.02. The number of H-pyrrole nitrogens is 1. The van der Waals surface area contributed by atoms with Crippen LogP contribution in [0.1, 0.15) is 24.7 Å². The minimum atomic E-state index is -1.84. The number of nitrogens with zero attached hydrogens (tertiary/aromatic N) is 3. The Labute approximate surface area is 199 Å². The fraction of sp³-hybridized carbons (Fsp3) is 0.381. The number of aliphatic hydroxyl groups is 3. The molecule has 0 radical (unpaired) electrons. The van der Waals surface area contributed by atoms with E-state index in [9.17, 15) is 29.7 Å². The number of ether oxygens (including phenoxy) is 2. The Balaban J connectivity index is 1.55. The zero-order valence-corrected chi connectivity index (χ0v) is 18.9. The van der Waals surface area contributed by atoms with E-state index in [1.54, 1.807) is 0 Å². The Kier molecular flexibility index (Phi) is 5.63. The quantitative estimate of drug-likeness (QED) is 0.241. The molecule has 4 aromatic rings. The molecular weight excluding hydrogens is 482 g/mol. The van der Waals surface area contributed by atoms with Crippen LogP contribution >= 0.6 is 0 Å². The fourth-order valence-electron chi connectivity index (χ4n) is 4.18. The average Bonchev–Trinajstić information content (AvgIpc) is 3.38. The Morgan fingerprint density at radius 2 is 2.11 bits per heavy atom. The largest absolute Gasteiger partial charge is 0.519 e.